The van der Waals surface area contributed by atoms with Crippen LogP contribution in [-0.2, 0) is 4.74 Å². The van der Waals surface area contributed by atoms with E-state index in [0.29, 0.717) is 12.1 Å². The zero-order valence-electron chi connectivity index (χ0n) is 14.9. The van der Waals surface area contributed by atoms with Gasteiger partial charge < -0.3 is 10.1 Å². The van der Waals surface area contributed by atoms with Gasteiger partial charge in [0.05, 0.1) is 6.61 Å². The van der Waals surface area contributed by atoms with Crippen LogP contribution in [0.2, 0.25) is 0 Å². The summed E-state index contributed by atoms with van der Waals surface area (Å²) >= 11 is 0. The van der Waals surface area contributed by atoms with Gasteiger partial charge in [-0.05, 0) is 44.6 Å². The van der Waals surface area contributed by atoms with Crippen molar-refractivity contribution >= 4 is 0 Å². The van der Waals surface area contributed by atoms with E-state index in [1.807, 2.05) is 7.11 Å². The van der Waals surface area contributed by atoms with E-state index >= 15 is 0 Å². The molecule has 1 saturated carbocycles. The summed E-state index contributed by atoms with van der Waals surface area (Å²) in [6, 6.07) is 1.37. The smallest absolute Gasteiger partial charge is 0.0589 e. The Morgan fingerprint density at radius 2 is 1.81 bits per heavy atom. The second kappa shape index (κ2) is 11.4. The van der Waals surface area contributed by atoms with Gasteiger partial charge in [-0.15, -0.1) is 0 Å². The molecule has 1 fully saturated rings. The minimum Gasteiger partial charge on any atom is -0.383 e. The van der Waals surface area contributed by atoms with Crippen molar-refractivity contribution in [1.82, 2.24) is 10.2 Å². The molecule has 0 heterocycles. The van der Waals surface area contributed by atoms with Crippen molar-refractivity contribution in [3.8, 4) is 0 Å². The van der Waals surface area contributed by atoms with E-state index in [2.05, 4.69) is 31.0 Å². The summed E-state index contributed by atoms with van der Waals surface area (Å²) in [5, 5.41) is 3.84. The lowest BCUT2D eigenvalue weighted by atomic mass is 9.96. The molecule has 0 aromatic rings. The summed E-state index contributed by atoms with van der Waals surface area (Å²) in [6.07, 6.45) is 9.41. The molecule has 1 unspecified atom stereocenters. The molecule has 1 N–H and O–H groups in total. The monoisotopic (exact) mass is 298 g/mol. The molecule has 0 saturated heterocycles. The molecule has 3 heteroatoms. The first-order chi connectivity index (χ1) is 10.3. The van der Waals surface area contributed by atoms with Gasteiger partial charge in [0.25, 0.3) is 0 Å². The van der Waals surface area contributed by atoms with Gasteiger partial charge in [0.15, 0.2) is 0 Å². The van der Waals surface area contributed by atoms with Gasteiger partial charge >= 0.3 is 0 Å². The topological polar surface area (TPSA) is 24.5 Å². The maximum Gasteiger partial charge on any atom is 0.0589 e. The lowest BCUT2D eigenvalue weighted by molar-refractivity contribution is 0.0982. The van der Waals surface area contributed by atoms with Crippen LogP contribution in [0.4, 0.5) is 0 Å². The number of nitrogens with zero attached hydrogens (tertiary/aromatic N) is 1. The Labute approximate surface area is 132 Å². The van der Waals surface area contributed by atoms with Crippen molar-refractivity contribution in [2.75, 3.05) is 33.4 Å². The van der Waals surface area contributed by atoms with Crippen LogP contribution >= 0.6 is 0 Å². The van der Waals surface area contributed by atoms with Crippen LogP contribution < -0.4 is 5.32 Å². The van der Waals surface area contributed by atoms with Crippen LogP contribution in [0.3, 0.4) is 0 Å². The average Bonchev–Trinajstić information content (AvgIpc) is 3.03. The van der Waals surface area contributed by atoms with Gasteiger partial charge in [-0.2, -0.15) is 0 Å². The first kappa shape index (κ1) is 18.9. The summed E-state index contributed by atoms with van der Waals surface area (Å²) in [4.78, 5) is 2.68. The molecule has 0 bridgehead atoms. The number of methoxy groups -OCH3 is 1. The quantitative estimate of drug-likeness (QED) is 0.595. The molecular formula is C18H38N2O. The standard InChI is InChI=1S/C18H38N2O/c1-5-12-19-18(16-10-8-9-11-16)15-20(13-14-21-4)17(6-2)7-3/h16-19H,5-15H2,1-4H3. The average molecular weight is 299 g/mol. The zero-order valence-corrected chi connectivity index (χ0v) is 14.9. The van der Waals surface area contributed by atoms with Gasteiger partial charge in [-0.3, -0.25) is 4.90 Å². The molecule has 1 rings (SSSR count). The molecule has 1 aliphatic rings. The Bertz CT molecular complexity index is 225. The van der Waals surface area contributed by atoms with Crippen LogP contribution in [0, 0.1) is 5.92 Å². The number of ether oxygens (including phenoxy) is 1. The molecule has 3 nitrogen and oxygen atoms in total. The second-order valence-electron chi connectivity index (χ2n) is 6.56. The Hall–Kier alpha value is -0.120. The fourth-order valence-corrected chi connectivity index (χ4v) is 3.76. The number of hydrogen-bond donors (Lipinski definition) is 1. The lowest BCUT2D eigenvalue weighted by Gasteiger charge is -2.36. The lowest BCUT2D eigenvalue weighted by Crippen LogP contribution is -2.49. The molecule has 0 amide bonds. The maximum absolute atomic E-state index is 5.34. The van der Waals surface area contributed by atoms with Crippen molar-refractivity contribution in [1.29, 1.82) is 0 Å². The van der Waals surface area contributed by atoms with Crippen LogP contribution in [-0.4, -0.2) is 50.3 Å². The zero-order chi connectivity index (χ0) is 15.5. The summed E-state index contributed by atoms with van der Waals surface area (Å²) in [6.45, 7) is 11.2. The third-order valence-electron chi connectivity index (χ3n) is 5.10. The van der Waals surface area contributed by atoms with Crippen LogP contribution in [0.25, 0.3) is 0 Å². The molecule has 1 aliphatic carbocycles. The highest BCUT2D eigenvalue weighted by molar-refractivity contribution is 4.85. The van der Waals surface area contributed by atoms with Gasteiger partial charge in [0, 0.05) is 32.3 Å². The predicted octanol–water partition coefficient (Wildman–Crippen LogP) is 3.68. The Morgan fingerprint density at radius 1 is 1.14 bits per heavy atom. The first-order valence-electron chi connectivity index (χ1n) is 9.23. The maximum atomic E-state index is 5.34. The highest BCUT2D eigenvalue weighted by atomic mass is 16.5. The highest BCUT2D eigenvalue weighted by Crippen LogP contribution is 2.28. The molecule has 0 radical (unpaired) electrons. The molecule has 1 atom stereocenters. The third-order valence-corrected chi connectivity index (χ3v) is 5.10. The van der Waals surface area contributed by atoms with Gasteiger partial charge in [-0.1, -0.05) is 33.6 Å². The van der Waals surface area contributed by atoms with E-state index < -0.39 is 0 Å². The Balaban J connectivity index is 2.63. The molecule has 0 aromatic heterocycles. The molecule has 126 valence electrons. The number of nitrogens with one attached hydrogen (secondary N) is 1. The molecule has 0 spiro atoms. The van der Waals surface area contributed by atoms with Gasteiger partial charge in [-0.25, -0.2) is 0 Å². The van der Waals surface area contributed by atoms with Crippen LogP contribution in [0.1, 0.15) is 65.7 Å². The van der Waals surface area contributed by atoms with Crippen molar-refractivity contribution in [3.63, 3.8) is 0 Å². The summed E-state index contributed by atoms with van der Waals surface area (Å²) in [7, 11) is 1.81. The molecule has 21 heavy (non-hydrogen) atoms. The van der Waals surface area contributed by atoms with Gasteiger partial charge in [0.2, 0.25) is 0 Å². The predicted molar refractivity (Wildman–Crippen MR) is 91.9 cm³/mol. The summed E-state index contributed by atoms with van der Waals surface area (Å²) in [5.41, 5.74) is 0. The fourth-order valence-electron chi connectivity index (χ4n) is 3.76. The first-order valence-corrected chi connectivity index (χ1v) is 9.23. The minimum atomic E-state index is 0.671. The SMILES string of the molecule is CCCNC(CN(CCOC)C(CC)CC)C1CCCC1. The van der Waals surface area contributed by atoms with Crippen LogP contribution in [0.15, 0.2) is 0 Å². The minimum absolute atomic E-state index is 0.671. The number of hydrogen-bond acceptors (Lipinski definition) is 3. The second-order valence-corrected chi connectivity index (χ2v) is 6.56. The molecular weight excluding hydrogens is 260 g/mol. The van der Waals surface area contributed by atoms with E-state index in [1.54, 1.807) is 0 Å². The molecule has 0 aliphatic heterocycles. The van der Waals surface area contributed by atoms with Crippen LogP contribution in [0.5, 0.6) is 0 Å². The van der Waals surface area contributed by atoms with E-state index in [0.717, 1.165) is 25.6 Å². The van der Waals surface area contributed by atoms with E-state index in [-0.39, 0.29) is 0 Å². The van der Waals surface area contributed by atoms with E-state index in [4.69, 9.17) is 4.74 Å². The van der Waals surface area contributed by atoms with E-state index in [1.165, 1.54) is 51.5 Å². The Morgan fingerprint density at radius 3 is 2.33 bits per heavy atom. The Kier molecular flexibility index (Phi) is 10.3. The van der Waals surface area contributed by atoms with Crippen molar-refractivity contribution in [2.45, 2.75) is 77.8 Å². The normalized spacial score (nSPS) is 18.0. The van der Waals surface area contributed by atoms with Gasteiger partial charge in [0.1, 0.15) is 0 Å². The highest BCUT2D eigenvalue weighted by Gasteiger charge is 2.27. The van der Waals surface area contributed by atoms with Crippen molar-refractivity contribution in [2.24, 2.45) is 5.92 Å². The number of rotatable bonds is 12. The largest absolute Gasteiger partial charge is 0.383 e. The van der Waals surface area contributed by atoms with Crippen molar-refractivity contribution in [3.05, 3.63) is 0 Å². The fraction of sp³-hybridized carbons (Fsp3) is 1.00. The van der Waals surface area contributed by atoms with E-state index in [9.17, 15) is 0 Å². The summed E-state index contributed by atoms with van der Waals surface area (Å²) < 4.78 is 5.34. The molecule has 0 aromatic carbocycles. The van der Waals surface area contributed by atoms with Crippen molar-refractivity contribution < 1.29 is 4.74 Å². The third kappa shape index (κ3) is 6.66. The summed E-state index contributed by atoms with van der Waals surface area (Å²) in [5.74, 6) is 0.885.